The Hall–Kier alpha value is -3.46. The van der Waals surface area contributed by atoms with Gasteiger partial charge in [-0.2, -0.15) is 0 Å². The molecule has 1 aromatic carbocycles. The summed E-state index contributed by atoms with van der Waals surface area (Å²) < 4.78 is 12.9. The van der Waals surface area contributed by atoms with E-state index in [4.69, 9.17) is 15.1 Å². The minimum absolute atomic E-state index is 0.111. The molecule has 0 spiro atoms. The molecule has 148 valence electrons. The molecule has 5 rings (SSSR count). The molecule has 0 radical (unpaired) electrons. The van der Waals surface area contributed by atoms with Gasteiger partial charge in [-0.15, -0.1) is 0 Å². The number of pyridine rings is 1. The molecule has 9 heteroatoms. The monoisotopic (exact) mass is 391 g/mol. The van der Waals surface area contributed by atoms with Crippen molar-refractivity contribution >= 4 is 16.9 Å². The van der Waals surface area contributed by atoms with Crippen LogP contribution in [0.25, 0.3) is 28.2 Å². The fourth-order valence-corrected chi connectivity index (χ4v) is 3.79. The van der Waals surface area contributed by atoms with Gasteiger partial charge in [0.05, 0.1) is 11.7 Å². The fourth-order valence-electron chi connectivity index (χ4n) is 3.79. The highest BCUT2D eigenvalue weighted by Crippen LogP contribution is 2.30. The number of nitrogens with zero attached hydrogens (tertiary/aromatic N) is 5. The minimum Gasteiger partial charge on any atom is -0.489 e. The molecular formula is C20H21N7O2. The number of anilines is 1. The largest absolute Gasteiger partial charge is 0.489 e. The Bertz CT molecular complexity index is 1130. The number of ether oxygens (including phenoxy) is 1. The van der Waals surface area contributed by atoms with Crippen LogP contribution in [-0.4, -0.2) is 43.5 Å². The third-order valence-electron chi connectivity index (χ3n) is 5.26. The molecule has 0 bridgehead atoms. The number of fused-ring (bicyclic) bond motifs is 1. The first kappa shape index (κ1) is 17.6. The summed E-state index contributed by atoms with van der Waals surface area (Å²) in [7, 11) is 0. The smallest absolute Gasteiger partial charge is 0.199 e. The quantitative estimate of drug-likeness (QED) is 0.533. The van der Waals surface area contributed by atoms with Crippen LogP contribution in [0.2, 0.25) is 0 Å². The number of hydrogen-bond donors (Lipinski definition) is 2. The Morgan fingerprint density at radius 3 is 2.83 bits per heavy atom. The van der Waals surface area contributed by atoms with E-state index >= 15 is 0 Å². The van der Waals surface area contributed by atoms with E-state index in [9.17, 15) is 0 Å². The summed E-state index contributed by atoms with van der Waals surface area (Å²) in [5.74, 6) is 1.56. The summed E-state index contributed by atoms with van der Waals surface area (Å²) in [6, 6.07) is 10.2. The first-order valence-electron chi connectivity index (χ1n) is 9.62. The summed E-state index contributed by atoms with van der Waals surface area (Å²) in [5, 5.41) is 11.1. The molecule has 1 saturated heterocycles. The van der Waals surface area contributed by atoms with Crippen LogP contribution in [0.4, 0.5) is 5.82 Å². The summed E-state index contributed by atoms with van der Waals surface area (Å²) in [6.45, 7) is 3.16. The van der Waals surface area contributed by atoms with Crippen LogP contribution in [0.15, 0.2) is 47.4 Å². The van der Waals surface area contributed by atoms with Crippen LogP contribution in [0, 0.1) is 0 Å². The molecule has 0 saturated carbocycles. The van der Waals surface area contributed by atoms with Crippen molar-refractivity contribution in [2.75, 3.05) is 12.3 Å². The molecule has 3 aromatic heterocycles. The topological polar surface area (TPSA) is 117 Å². The molecule has 29 heavy (non-hydrogen) atoms. The lowest BCUT2D eigenvalue weighted by Gasteiger charge is -2.21. The number of rotatable bonds is 5. The molecule has 0 amide bonds. The van der Waals surface area contributed by atoms with E-state index in [0.29, 0.717) is 17.6 Å². The summed E-state index contributed by atoms with van der Waals surface area (Å²) in [4.78, 5) is 8.79. The predicted octanol–water partition coefficient (Wildman–Crippen LogP) is 2.57. The first-order chi connectivity index (χ1) is 14.2. The molecule has 0 aliphatic carbocycles. The van der Waals surface area contributed by atoms with Gasteiger partial charge in [0.1, 0.15) is 17.4 Å². The zero-order chi connectivity index (χ0) is 19.8. The van der Waals surface area contributed by atoms with Crippen molar-refractivity contribution < 1.29 is 9.37 Å². The van der Waals surface area contributed by atoms with Crippen LogP contribution in [0.3, 0.4) is 0 Å². The van der Waals surface area contributed by atoms with Gasteiger partial charge >= 0.3 is 0 Å². The normalized spacial score (nSPS) is 17.6. The molecule has 1 fully saturated rings. The Labute approximate surface area is 166 Å². The second kappa shape index (κ2) is 7.17. The molecule has 1 aliphatic rings. The van der Waals surface area contributed by atoms with Crippen molar-refractivity contribution in [1.29, 1.82) is 0 Å². The number of nitrogens with two attached hydrogens (primary N) is 1. The van der Waals surface area contributed by atoms with Gasteiger partial charge in [0.15, 0.2) is 17.3 Å². The molecule has 4 heterocycles. The number of aromatic nitrogens is 5. The van der Waals surface area contributed by atoms with Gasteiger partial charge in [0.25, 0.3) is 0 Å². The van der Waals surface area contributed by atoms with Crippen LogP contribution in [-0.2, 0) is 0 Å². The van der Waals surface area contributed by atoms with Crippen LogP contribution in [0.1, 0.15) is 19.8 Å². The third kappa shape index (κ3) is 3.19. The highest BCUT2D eigenvalue weighted by atomic mass is 16.6. The van der Waals surface area contributed by atoms with Crippen molar-refractivity contribution in [2.24, 2.45) is 0 Å². The van der Waals surface area contributed by atoms with Crippen molar-refractivity contribution in [3.8, 4) is 23.0 Å². The van der Waals surface area contributed by atoms with Gasteiger partial charge < -0.3 is 15.8 Å². The molecular weight excluding hydrogens is 370 g/mol. The number of nitrogens with one attached hydrogen (secondary N) is 1. The van der Waals surface area contributed by atoms with Crippen molar-refractivity contribution in [2.45, 2.75) is 31.9 Å². The zero-order valence-corrected chi connectivity index (χ0v) is 15.9. The minimum atomic E-state index is 0.111. The lowest BCUT2D eigenvalue weighted by Crippen LogP contribution is -2.36. The van der Waals surface area contributed by atoms with E-state index < -0.39 is 0 Å². The van der Waals surface area contributed by atoms with E-state index in [1.807, 2.05) is 34.9 Å². The second-order valence-electron chi connectivity index (χ2n) is 7.15. The zero-order valence-electron chi connectivity index (χ0n) is 15.9. The van der Waals surface area contributed by atoms with Crippen molar-refractivity contribution in [3.05, 3.63) is 42.7 Å². The van der Waals surface area contributed by atoms with E-state index in [-0.39, 0.29) is 11.9 Å². The lowest BCUT2D eigenvalue weighted by atomic mass is 10.1. The van der Waals surface area contributed by atoms with Gasteiger partial charge in [-0.1, -0.05) is 0 Å². The molecule has 4 aromatic rings. The van der Waals surface area contributed by atoms with E-state index in [1.54, 1.807) is 12.4 Å². The van der Waals surface area contributed by atoms with Gasteiger partial charge in [-0.25, -0.2) is 9.61 Å². The molecule has 2 atom stereocenters. The van der Waals surface area contributed by atoms with Crippen LogP contribution in [0.5, 0.6) is 5.75 Å². The SMILES string of the molecule is C[C@H](Oc1ccc(-n2c(-c3nonc3N)nc3cnccc32)cc1)C1CCCN1. The molecule has 9 nitrogen and oxygen atoms in total. The Morgan fingerprint density at radius 1 is 1.24 bits per heavy atom. The molecule has 3 N–H and O–H groups in total. The Kier molecular flexibility index (Phi) is 4.36. The van der Waals surface area contributed by atoms with Crippen LogP contribution < -0.4 is 15.8 Å². The van der Waals surface area contributed by atoms with E-state index in [0.717, 1.165) is 35.4 Å². The van der Waals surface area contributed by atoms with E-state index in [1.165, 1.54) is 6.42 Å². The van der Waals surface area contributed by atoms with Crippen molar-refractivity contribution in [1.82, 2.24) is 30.2 Å². The maximum absolute atomic E-state index is 6.12. The standard InChI is InChI=1S/C20H21N7O2/c1-12(15-3-2-9-23-15)28-14-6-4-13(5-7-14)27-17-8-10-22-11-16(17)24-20(27)18-19(21)26-29-25-18/h4-8,10-12,15,23H,2-3,9H2,1H3,(H2,21,26)/t12-,15?/m0/s1. The summed E-state index contributed by atoms with van der Waals surface area (Å²) in [6.07, 6.45) is 5.88. The lowest BCUT2D eigenvalue weighted by molar-refractivity contribution is 0.180. The maximum Gasteiger partial charge on any atom is 0.199 e. The first-order valence-corrected chi connectivity index (χ1v) is 9.62. The Morgan fingerprint density at radius 2 is 2.10 bits per heavy atom. The summed E-state index contributed by atoms with van der Waals surface area (Å²) >= 11 is 0. The summed E-state index contributed by atoms with van der Waals surface area (Å²) in [5.41, 5.74) is 8.82. The van der Waals surface area contributed by atoms with Gasteiger partial charge in [-0.05, 0) is 67.0 Å². The Balaban J connectivity index is 1.51. The van der Waals surface area contributed by atoms with Crippen molar-refractivity contribution in [3.63, 3.8) is 0 Å². The average molecular weight is 391 g/mol. The number of hydrogen-bond acceptors (Lipinski definition) is 8. The number of nitrogen functional groups attached to an aromatic ring is 1. The van der Waals surface area contributed by atoms with Gasteiger partial charge in [0, 0.05) is 17.9 Å². The number of imidazole rings is 1. The molecule has 1 aliphatic heterocycles. The van der Waals surface area contributed by atoms with Gasteiger partial charge in [-0.3, -0.25) is 9.55 Å². The fraction of sp³-hybridized carbons (Fsp3) is 0.300. The molecule has 1 unspecified atom stereocenters. The maximum atomic E-state index is 6.12. The highest BCUT2D eigenvalue weighted by molar-refractivity contribution is 5.83. The van der Waals surface area contributed by atoms with Gasteiger partial charge in [0.2, 0.25) is 0 Å². The van der Waals surface area contributed by atoms with Crippen LogP contribution >= 0.6 is 0 Å². The third-order valence-corrected chi connectivity index (χ3v) is 5.26. The highest BCUT2D eigenvalue weighted by Gasteiger charge is 2.23. The predicted molar refractivity (Wildman–Crippen MR) is 108 cm³/mol. The average Bonchev–Trinajstić information content (AvgIpc) is 3.48. The number of benzene rings is 1. The second-order valence-corrected chi connectivity index (χ2v) is 7.15. The van der Waals surface area contributed by atoms with E-state index in [2.05, 4.69) is 32.5 Å².